The Labute approximate surface area is 171 Å². The van der Waals surface area contributed by atoms with Crippen LogP contribution in [0.5, 0.6) is 11.5 Å². The molecule has 2 N–H and O–H groups in total. The highest BCUT2D eigenvalue weighted by atomic mass is 16.5. The zero-order valence-electron chi connectivity index (χ0n) is 16.9. The van der Waals surface area contributed by atoms with Gasteiger partial charge in [-0.05, 0) is 42.8 Å². The van der Waals surface area contributed by atoms with Crippen molar-refractivity contribution in [2.45, 2.75) is 19.8 Å². The first-order valence-electron chi connectivity index (χ1n) is 9.65. The van der Waals surface area contributed by atoms with Crippen LogP contribution in [0.4, 0.5) is 5.69 Å². The van der Waals surface area contributed by atoms with Crippen LogP contribution in [0.3, 0.4) is 0 Å². The molecule has 7 nitrogen and oxygen atoms in total. The average molecular weight is 400 g/mol. The van der Waals surface area contributed by atoms with Crippen molar-refractivity contribution in [2.24, 2.45) is 0 Å². The van der Waals surface area contributed by atoms with Gasteiger partial charge in [0.25, 0.3) is 5.91 Å². The second kappa shape index (κ2) is 12.4. The number of benzene rings is 2. The van der Waals surface area contributed by atoms with Crippen LogP contribution in [0, 0.1) is 0 Å². The summed E-state index contributed by atoms with van der Waals surface area (Å²) in [7, 11) is 1.60. The van der Waals surface area contributed by atoms with Crippen molar-refractivity contribution in [1.82, 2.24) is 5.32 Å². The summed E-state index contributed by atoms with van der Waals surface area (Å²) in [4.78, 5) is 24.3. The van der Waals surface area contributed by atoms with E-state index in [0.717, 1.165) is 18.6 Å². The molecule has 7 heteroatoms. The normalized spacial score (nSPS) is 10.3. The van der Waals surface area contributed by atoms with Gasteiger partial charge in [-0.1, -0.05) is 19.4 Å². The Bertz CT molecular complexity index is 777. The summed E-state index contributed by atoms with van der Waals surface area (Å²) in [6.07, 6.45) is 2.05. The van der Waals surface area contributed by atoms with E-state index in [9.17, 15) is 9.59 Å². The molecule has 2 aromatic carbocycles. The van der Waals surface area contributed by atoms with E-state index >= 15 is 0 Å². The van der Waals surface area contributed by atoms with Gasteiger partial charge in [0.15, 0.2) is 0 Å². The number of methoxy groups -OCH3 is 1. The highest BCUT2D eigenvalue weighted by Crippen LogP contribution is 2.17. The Morgan fingerprint density at radius 1 is 0.931 bits per heavy atom. The SMILES string of the molecule is CCCCOc1ccc(C(=O)NCC(=O)Nc2cccc(OCCOC)c2)cc1. The lowest BCUT2D eigenvalue weighted by molar-refractivity contribution is -0.115. The lowest BCUT2D eigenvalue weighted by Crippen LogP contribution is -2.32. The monoisotopic (exact) mass is 400 g/mol. The van der Waals surface area contributed by atoms with E-state index in [1.54, 1.807) is 55.6 Å². The topological polar surface area (TPSA) is 85.9 Å². The maximum Gasteiger partial charge on any atom is 0.251 e. The molecule has 29 heavy (non-hydrogen) atoms. The highest BCUT2D eigenvalue weighted by Gasteiger charge is 2.09. The van der Waals surface area contributed by atoms with Gasteiger partial charge in [-0.25, -0.2) is 0 Å². The van der Waals surface area contributed by atoms with Gasteiger partial charge in [0.2, 0.25) is 5.91 Å². The predicted molar refractivity (Wildman–Crippen MR) is 112 cm³/mol. The molecule has 2 rings (SSSR count). The lowest BCUT2D eigenvalue weighted by atomic mass is 10.2. The van der Waals surface area contributed by atoms with Crippen LogP contribution in [0.2, 0.25) is 0 Å². The molecule has 0 aliphatic heterocycles. The van der Waals surface area contributed by atoms with Crippen LogP contribution in [0.15, 0.2) is 48.5 Å². The molecule has 0 heterocycles. The summed E-state index contributed by atoms with van der Waals surface area (Å²) in [6, 6.07) is 13.9. The summed E-state index contributed by atoms with van der Waals surface area (Å²) < 4.78 is 16.0. The van der Waals surface area contributed by atoms with E-state index in [1.807, 2.05) is 0 Å². The number of carbonyl (C=O) groups is 2. The summed E-state index contributed by atoms with van der Waals surface area (Å²) in [5, 5.41) is 5.34. The Morgan fingerprint density at radius 2 is 1.69 bits per heavy atom. The average Bonchev–Trinajstić information content (AvgIpc) is 2.73. The molecule has 0 bridgehead atoms. The molecule has 2 aromatic rings. The first kappa shape index (κ1) is 22.2. The van der Waals surface area contributed by atoms with Gasteiger partial charge in [0.05, 0.1) is 19.8 Å². The van der Waals surface area contributed by atoms with E-state index in [1.165, 1.54) is 0 Å². The number of amides is 2. The number of unbranched alkanes of at least 4 members (excludes halogenated alkanes) is 1. The minimum Gasteiger partial charge on any atom is -0.494 e. The maximum atomic E-state index is 12.2. The first-order valence-corrected chi connectivity index (χ1v) is 9.65. The molecule has 0 spiro atoms. The largest absolute Gasteiger partial charge is 0.494 e. The van der Waals surface area contributed by atoms with Gasteiger partial charge >= 0.3 is 0 Å². The molecule has 0 atom stereocenters. The molecule has 2 amide bonds. The second-order valence-electron chi connectivity index (χ2n) is 6.33. The van der Waals surface area contributed by atoms with Crippen LogP contribution < -0.4 is 20.1 Å². The van der Waals surface area contributed by atoms with Crippen molar-refractivity contribution in [3.63, 3.8) is 0 Å². The fourth-order valence-electron chi connectivity index (χ4n) is 2.41. The Kier molecular flexibility index (Phi) is 9.51. The number of nitrogens with one attached hydrogen (secondary N) is 2. The van der Waals surface area contributed by atoms with Crippen LogP contribution in [-0.4, -0.2) is 45.3 Å². The van der Waals surface area contributed by atoms with Crippen LogP contribution in [0.25, 0.3) is 0 Å². The molecule has 0 aliphatic rings. The van der Waals surface area contributed by atoms with E-state index in [0.29, 0.717) is 36.8 Å². The molecule has 0 unspecified atom stereocenters. The van der Waals surface area contributed by atoms with Crippen LogP contribution >= 0.6 is 0 Å². The molecule has 156 valence electrons. The third-order valence-corrected chi connectivity index (χ3v) is 3.97. The van der Waals surface area contributed by atoms with Crippen molar-refractivity contribution in [3.8, 4) is 11.5 Å². The van der Waals surface area contributed by atoms with E-state index in [4.69, 9.17) is 14.2 Å². The van der Waals surface area contributed by atoms with Crippen molar-refractivity contribution < 1.29 is 23.8 Å². The zero-order valence-corrected chi connectivity index (χ0v) is 16.9. The lowest BCUT2D eigenvalue weighted by Gasteiger charge is -2.10. The fraction of sp³-hybridized carbons (Fsp3) is 0.364. The van der Waals surface area contributed by atoms with Gasteiger partial charge in [0.1, 0.15) is 18.1 Å². The van der Waals surface area contributed by atoms with Gasteiger partial charge in [-0.3, -0.25) is 9.59 Å². The van der Waals surface area contributed by atoms with Gasteiger partial charge in [-0.2, -0.15) is 0 Å². The number of hydrogen-bond donors (Lipinski definition) is 2. The van der Waals surface area contributed by atoms with E-state index in [-0.39, 0.29) is 18.4 Å². The van der Waals surface area contributed by atoms with Crippen molar-refractivity contribution in [3.05, 3.63) is 54.1 Å². The van der Waals surface area contributed by atoms with E-state index in [2.05, 4.69) is 17.6 Å². The summed E-state index contributed by atoms with van der Waals surface area (Å²) in [6.45, 7) is 3.52. The summed E-state index contributed by atoms with van der Waals surface area (Å²) in [5.41, 5.74) is 1.06. The van der Waals surface area contributed by atoms with Crippen LogP contribution in [0.1, 0.15) is 30.1 Å². The molecule has 0 aliphatic carbocycles. The van der Waals surface area contributed by atoms with Crippen molar-refractivity contribution in [2.75, 3.05) is 38.8 Å². The second-order valence-corrected chi connectivity index (χ2v) is 6.33. The molecular weight excluding hydrogens is 372 g/mol. The minimum absolute atomic E-state index is 0.137. The van der Waals surface area contributed by atoms with E-state index < -0.39 is 0 Å². The fourth-order valence-corrected chi connectivity index (χ4v) is 2.41. The van der Waals surface area contributed by atoms with Gasteiger partial charge in [-0.15, -0.1) is 0 Å². The smallest absolute Gasteiger partial charge is 0.251 e. The molecule has 0 radical (unpaired) electrons. The number of rotatable bonds is 12. The summed E-state index contributed by atoms with van der Waals surface area (Å²) in [5.74, 6) is 0.703. The number of hydrogen-bond acceptors (Lipinski definition) is 5. The summed E-state index contributed by atoms with van der Waals surface area (Å²) >= 11 is 0. The number of carbonyl (C=O) groups excluding carboxylic acids is 2. The van der Waals surface area contributed by atoms with Gasteiger partial charge in [0, 0.05) is 24.4 Å². The third-order valence-electron chi connectivity index (χ3n) is 3.97. The zero-order chi connectivity index (χ0) is 20.9. The molecule has 0 aromatic heterocycles. The maximum absolute atomic E-state index is 12.2. The van der Waals surface area contributed by atoms with Crippen molar-refractivity contribution >= 4 is 17.5 Å². The standard InChI is InChI=1S/C22H28N2O5/c1-3-4-12-28-19-10-8-17(9-11-19)22(26)23-16-21(25)24-18-6-5-7-20(15-18)29-14-13-27-2/h5-11,15H,3-4,12-14,16H2,1-2H3,(H,23,26)(H,24,25). The number of ether oxygens (including phenoxy) is 3. The molecular formula is C22H28N2O5. The molecule has 0 saturated heterocycles. The Hall–Kier alpha value is -3.06. The van der Waals surface area contributed by atoms with Crippen LogP contribution in [-0.2, 0) is 9.53 Å². The minimum atomic E-state index is -0.327. The Morgan fingerprint density at radius 3 is 2.41 bits per heavy atom. The number of anilines is 1. The molecule has 0 fully saturated rings. The molecule has 0 saturated carbocycles. The quantitative estimate of drug-likeness (QED) is 0.534. The van der Waals surface area contributed by atoms with Gasteiger partial charge < -0.3 is 24.8 Å². The predicted octanol–water partition coefficient (Wildman–Crippen LogP) is 3.26. The Balaban J connectivity index is 1.78. The first-order chi connectivity index (χ1) is 14.1. The van der Waals surface area contributed by atoms with Crippen molar-refractivity contribution in [1.29, 1.82) is 0 Å². The third kappa shape index (κ3) is 8.23. The highest BCUT2D eigenvalue weighted by molar-refractivity contribution is 5.99.